The predicted octanol–water partition coefficient (Wildman–Crippen LogP) is 3.04. The molecule has 1 fully saturated rings. The van der Waals surface area contributed by atoms with E-state index in [9.17, 15) is 4.79 Å². The Labute approximate surface area is 140 Å². The zero-order chi connectivity index (χ0) is 16.1. The Morgan fingerprint density at radius 2 is 2.00 bits per heavy atom. The van der Waals surface area contributed by atoms with Crippen molar-refractivity contribution in [3.8, 4) is 5.88 Å². The lowest BCUT2D eigenvalue weighted by Gasteiger charge is -2.29. The molecule has 6 heteroatoms. The van der Waals surface area contributed by atoms with Crippen LogP contribution in [0.3, 0.4) is 0 Å². The number of nitrogens with zero attached hydrogens (tertiary/aromatic N) is 2. The summed E-state index contributed by atoms with van der Waals surface area (Å²) in [6, 6.07) is 7.63. The average Bonchev–Trinajstić information content (AvgIpc) is 3.04. The van der Waals surface area contributed by atoms with Crippen molar-refractivity contribution in [3.05, 3.63) is 47.9 Å². The topological polar surface area (TPSA) is 56.2 Å². The fourth-order valence-corrected chi connectivity index (χ4v) is 2.95. The first kappa shape index (κ1) is 15.9. The Bertz CT molecular complexity index is 620. The number of halogens is 1. The van der Waals surface area contributed by atoms with E-state index < -0.39 is 0 Å². The van der Waals surface area contributed by atoms with Crippen molar-refractivity contribution in [2.45, 2.75) is 44.4 Å². The Morgan fingerprint density at radius 3 is 2.65 bits per heavy atom. The number of carbonyl (C=O) groups is 1. The van der Waals surface area contributed by atoms with Crippen LogP contribution in [0.15, 0.2) is 42.9 Å². The van der Waals surface area contributed by atoms with Gasteiger partial charge in [0.2, 0.25) is 11.8 Å². The molecule has 5 nitrogen and oxygen atoms in total. The molecule has 2 aromatic rings. The molecule has 0 aliphatic heterocycles. The number of pyridine rings is 1. The van der Waals surface area contributed by atoms with E-state index in [1.807, 2.05) is 29.1 Å². The monoisotopic (exact) mass is 333 g/mol. The van der Waals surface area contributed by atoms with Gasteiger partial charge in [0.1, 0.15) is 12.6 Å². The van der Waals surface area contributed by atoms with Gasteiger partial charge in [-0.3, -0.25) is 4.79 Å². The van der Waals surface area contributed by atoms with Gasteiger partial charge in [-0.1, -0.05) is 11.6 Å². The maximum absolute atomic E-state index is 12.0. The Hall–Kier alpha value is -2.01. The third-order valence-corrected chi connectivity index (χ3v) is 4.24. The molecule has 3 rings (SSSR count). The van der Waals surface area contributed by atoms with Crippen molar-refractivity contribution in [3.63, 3.8) is 0 Å². The van der Waals surface area contributed by atoms with E-state index in [1.54, 1.807) is 18.3 Å². The van der Waals surface area contributed by atoms with E-state index in [-0.39, 0.29) is 18.1 Å². The van der Waals surface area contributed by atoms with Crippen LogP contribution in [0.4, 0.5) is 0 Å². The number of hydrogen-bond acceptors (Lipinski definition) is 3. The zero-order valence-corrected chi connectivity index (χ0v) is 13.6. The van der Waals surface area contributed by atoms with Gasteiger partial charge in [0.25, 0.3) is 0 Å². The third kappa shape index (κ3) is 4.73. The molecule has 1 amide bonds. The first-order valence-electron chi connectivity index (χ1n) is 7.87. The van der Waals surface area contributed by atoms with Gasteiger partial charge < -0.3 is 14.6 Å². The smallest absolute Gasteiger partial charge is 0.240 e. The lowest BCUT2D eigenvalue weighted by Crippen LogP contribution is -2.41. The lowest BCUT2D eigenvalue weighted by molar-refractivity contribution is -0.122. The van der Waals surface area contributed by atoms with Gasteiger partial charge in [0.15, 0.2) is 0 Å². The van der Waals surface area contributed by atoms with Gasteiger partial charge in [-0.25, -0.2) is 4.98 Å². The van der Waals surface area contributed by atoms with Gasteiger partial charge in [0.05, 0.1) is 5.02 Å². The highest BCUT2D eigenvalue weighted by atomic mass is 35.5. The molecule has 0 atom stereocenters. The summed E-state index contributed by atoms with van der Waals surface area (Å²) in [5.41, 5.74) is 0. The molecule has 1 N–H and O–H groups in total. The second kappa shape index (κ2) is 7.51. The normalized spacial score (nSPS) is 20.9. The van der Waals surface area contributed by atoms with E-state index in [0.29, 0.717) is 17.4 Å². The zero-order valence-electron chi connectivity index (χ0n) is 12.8. The molecule has 0 aromatic carbocycles. The summed E-state index contributed by atoms with van der Waals surface area (Å²) in [6.07, 6.45) is 9.21. The summed E-state index contributed by atoms with van der Waals surface area (Å²) in [6.45, 7) is 0.373. The van der Waals surface area contributed by atoms with E-state index >= 15 is 0 Å². The first-order valence-corrected chi connectivity index (χ1v) is 8.25. The van der Waals surface area contributed by atoms with Crippen molar-refractivity contribution in [1.29, 1.82) is 0 Å². The summed E-state index contributed by atoms with van der Waals surface area (Å²) in [4.78, 5) is 16.2. The van der Waals surface area contributed by atoms with Crippen molar-refractivity contribution in [2.75, 3.05) is 0 Å². The number of rotatable bonds is 5. The standard InChI is InChI=1S/C17H20ClN3O2/c18-13-3-8-17(19-11-13)23-15-6-4-14(5-7-15)20-16(22)12-21-9-1-2-10-21/h1-3,8-11,14-15H,4-7,12H2,(H,20,22). The number of amides is 1. The summed E-state index contributed by atoms with van der Waals surface area (Å²) in [5.74, 6) is 0.666. The summed E-state index contributed by atoms with van der Waals surface area (Å²) < 4.78 is 7.73. The molecule has 2 aromatic heterocycles. The van der Waals surface area contributed by atoms with Gasteiger partial charge >= 0.3 is 0 Å². The van der Waals surface area contributed by atoms with E-state index in [4.69, 9.17) is 16.3 Å². The fraction of sp³-hybridized carbons (Fsp3) is 0.412. The van der Waals surface area contributed by atoms with Crippen molar-refractivity contribution in [2.24, 2.45) is 0 Å². The average molecular weight is 334 g/mol. The fourth-order valence-electron chi connectivity index (χ4n) is 2.84. The Balaban J connectivity index is 1.41. The molecule has 1 saturated carbocycles. The summed E-state index contributed by atoms with van der Waals surface area (Å²) in [5, 5.41) is 3.70. The second-order valence-corrected chi connectivity index (χ2v) is 6.27. The van der Waals surface area contributed by atoms with Crippen LogP contribution in [0.1, 0.15) is 25.7 Å². The molecule has 1 aliphatic carbocycles. The maximum atomic E-state index is 12.0. The molecule has 0 radical (unpaired) electrons. The molecule has 23 heavy (non-hydrogen) atoms. The highest BCUT2D eigenvalue weighted by molar-refractivity contribution is 6.30. The van der Waals surface area contributed by atoms with E-state index in [1.165, 1.54) is 0 Å². The molecule has 0 unspecified atom stereocenters. The SMILES string of the molecule is O=C(Cn1cccc1)NC1CCC(Oc2ccc(Cl)cn2)CC1. The largest absolute Gasteiger partial charge is 0.474 e. The second-order valence-electron chi connectivity index (χ2n) is 5.83. The number of nitrogens with one attached hydrogen (secondary N) is 1. The molecular weight excluding hydrogens is 314 g/mol. The number of aromatic nitrogens is 2. The van der Waals surface area contributed by atoms with Crippen LogP contribution >= 0.6 is 11.6 Å². The van der Waals surface area contributed by atoms with Crippen LogP contribution in [-0.4, -0.2) is 27.6 Å². The summed E-state index contributed by atoms with van der Waals surface area (Å²) >= 11 is 5.81. The van der Waals surface area contributed by atoms with Crippen molar-refractivity contribution in [1.82, 2.24) is 14.9 Å². The predicted molar refractivity (Wildman–Crippen MR) is 88.5 cm³/mol. The number of ether oxygens (including phenoxy) is 1. The highest BCUT2D eigenvalue weighted by Crippen LogP contribution is 2.23. The molecular formula is C17H20ClN3O2. The van der Waals surface area contributed by atoms with Crippen LogP contribution in [0, 0.1) is 0 Å². The molecule has 122 valence electrons. The van der Waals surface area contributed by atoms with Crippen LogP contribution in [0.2, 0.25) is 5.02 Å². The van der Waals surface area contributed by atoms with E-state index in [0.717, 1.165) is 25.7 Å². The third-order valence-electron chi connectivity index (χ3n) is 4.02. The Kier molecular flexibility index (Phi) is 5.18. The lowest BCUT2D eigenvalue weighted by atomic mass is 9.93. The molecule has 0 spiro atoms. The maximum Gasteiger partial charge on any atom is 0.240 e. The molecule has 2 heterocycles. The van der Waals surface area contributed by atoms with Gasteiger partial charge in [0, 0.05) is 30.7 Å². The van der Waals surface area contributed by atoms with Crippen LogP contribution in [0.5, 0.6) is 5.88 Å². The van der Waals surface area contributed by atoms with E-state index in [2.05, 4.69) is 10.3 Å². The first-order chi connectivity index (χ1) is 11.2. The minimum absolute atomic E-state index is 0.0601. The van der Waals surface area contributed by atoms with Gasteiger partial charge in [-0.05, 0) is 43.9 Å². The molecule has 1 aliphatic rings. The number of carbonyl (C=O) groups excluding carboxylic acids is 1. The van der Waals surface area contributed by atoms with Gasteiger partial charge in [-0.2, -0.15) is 0 Å². The summed E-state index contributed by atoms with van der Waals surface area (Å²) in [7, 11) is 0. The molecule has 0 bridgehead atoms. The minimum atomic E-state index is 0.0601. The van der Waals surface area contributed by atoms with Crippen LogP contribution in [0.25, 0.3) is 0 Å². The van der Waals surface area contributed by atoms with Crippen molar-refractivity contribution >= 4 is 17.5 Å². The van der Waals surface area contributed by atoms with Crippen molar-refractivity contribution < 1.29 is 9.53 Å². The van der Waals surface area contributed by atoms with Crippen LogP contribution in [-0.2, 0) is 11.3 Å². The minimum Gasteiger partial charge on any atom is -0.474 e. The quantitative estimate of drug-likeness (QED) is 0.915. The van der Waals surface area contributed by atoms with Gasteiger partial charge in [-0.15, -0.1) is 0 Å². The number of hydrogen-bond donors (Lipinski definition) is 1. The molecule has 0 saturated heterocycles. The Morgan fingerprint density at radius 1 is 1.26 bits per heavy atom. The van der Waals surface area contributed by atoms with Crippen LogP contribution < -0.4 is 10.1 Å². The highest BCUT2D eigenvalue weighted by Gasteiger charge is 2.23.